The lowest BCUT2D eigenvalue weighted by atomic mass is 9.86. The van der Waals surface area contributed by atoms with Gasteiger partial charge >= 0.3 is 0 Å². The topological polar surface area (TPSA) is 272 Å². The van der Waals surface area contributed by atoms with Crippen LogP contribution in [0.4, 0.5) is 5.82 Å². The largest absolute Gasteiger partial charge is 0.351 e. The smallest absolute Gasteiger partial charge is 0.267 e. The van der Waals surface area contributed by atoms with Crippen molar-refractivity contribution in [2.45, 2.75) is 110 Å². The summed E-state index contributed by atoms with van der Waals surface area (Å²) in [6.45, 7) is 2.13. The first-order valence-electron chi connectivity index (χ1n) is 15.8. The Hall–Kier alpha value is -1.50. The third kappa shape index (κ3) is 13.2. The van der Waals surface area contributed by atoms with Gasteiger partial charge in [-0.3, -0.25) is 18.5 Å². The number of unbranched alkanes of at least 4 members (excludes halogenated alkanes) is 2. The van der Waals surface area contributed by atoms with Gasteiger partial charge in [-0.15, -0.1) is 28.3 Å². The Balaban J connectivity index is 1.87. The van der Waals surface area contributed by atoms with E-state index in [4.69, 9.17) is 32.3 Å². The van der Waals surface area contributed by atoms with Crippen LogP contribution in [0.3, 0.4) is 0 Å². The van der Waals surface area contributed by atoms with Crippen LogP contribution < -0.4 is 5.32 Å². The number of carbonyl (C=O) groups excluding carboxylic acids is 1. The third-order valence-corrected chi connectivity index (χ3v) is 13.5. The standard InChI is InChI=1S/C26H44Cl2N6O12S4/c1-17(35)30-23-13-18(33(9-3-5-11-48(38,39)40)10-4-6-12-49(41,42)43)7-8-22(23)31-32-26-24(47(2,36)37)16-29-34(26)25-20(27)14-19(15-21(25)28)50(44,45)46/h16,18-23,25H,3-15H2,1-2H3,(H,30,35)(H,38,39,40)(H,41,42,43)(H,44,45,46). The van der Waals surface area contributed by atoms with Crippen molar-refractivity contribution in [2.75, 3.05) is 30.9 Å². The van der Waals surface area contributed by atoms with E-state index in [9.17, 15) is 43.0 Å². The summed E-state index contributed by atoms with van der Waals surface area (Å²) in [7, 11) is -16.7. The zero-order valence-electron chi connectivity index (χ0n) is 27.5. The maximum absolute atomic E-state index is 12.7. The fraction of sp³-hybridized carbons (Fsp3) is 0.846. The number of amides is 1. The normalized spacial score (nSPS) is 27.2. The second-order valence-corrected chi connectivity index (χ2v) is 20.7. The first kappa shape index (κ1) is 42.9. The van der Waals surface area contributed by atoms with Crippen molar-refractivity contribution < 1.29 is 52.1 Å². The minimum absolute atomic E-state index is 0.168. The van der Waals surface area contributed by atoms with E-state index >= 15 is 0 Å². The van der Waals surface area contributed by atoms with Gasteiger partial charge in [-0.25, -0.2) is 13.1 Å². The highest BCUT2D eigenvalue weighted by Gasteiger charge is 2.44. The second kappa shape index (κ2) is 17.5. The van der Waals surface area contributed by atoms with Crippen LogP contribution in [0.2, 0.25) is 0 Å². The second-order valence-electron chi connectivity index (χ2n) is 12.8. The molecule has 2 saturated carbocycles. The Morgan fingerprint density at radius 1 is 0.920 bits per heavy atom. The number of azo groups is 1. The van der Waals surface area contributed by atoms with Crippen molar-refractivity contribution in [3.05, 3.63) is 6.20 Å². The minimum Gasteiger partial charge on any atom is -0.351 e. The van der Waals surface area contributed by atoms with Crippen LogP contribution in [0.1, 0.15) is 70.8 Å². The molecule has 288 valence electrons. The number of halogens is 2. The zero-order chi connectivity index (χ0) is 37.7. The average Bonchev–Trinajstić information content (AvgIpc) is 3.37. The van der Waals surface area contributed by atoms with E-state index in [-0.39, 0.29) is 48.3 Å². The predicted molar refractivity (Wildman–Crippen MR) is 185 cm³/mol. The Labute approximate surface area is 302 Å². The van der Waals surface area contributed by atoms with Gasteiger partial charge in [-0.05, 0) is 70.9 Å². The monoisotopic (exact) mass is 830 g/mol. The Bertz CT molecular complexity index is 1760. The number of hydrogen-bond donors (Lipinski definition) is 4. The molecule has 0 aliphatic heterocycles. The van der Waals surface area contributed by atoms with Gasteiger partial charge in [-0.2, -0.15) is 35.5 Å². The molecule has 24 heteroatoms. The van der Waals surface area contributed by atoms with Gasteiger partial charge in [0.15, 0.2) is 15.7 Å². The molecule has 2 fully saturated rings. The number of carbonyl (C=O) groups is 1. The van der Waals surface area contributed by atoms with E-state index in [0.717, 1.165) is 12.5 Å². The van der Waals surface area contributed by atoms with Crippen molar-refractivity contribution in [3.8, 4) is 0 Å². The number of rotatable bonds is 17. The quantitative estimate of drug-likeness (QED) is 0.0759. The van der Waals surface area contributed by atoms with Crippen LogP contribution in [0.25, 0.3) is 0 Å². The van der Waals surface area contributed by atoms with Gasteiger partial charge < -0.3 is 10.2 Å². The molecule has 0 bridgehead atoms. The summed E-state index contributed by atoms with van der Waals surface area (Å²) in [5.41, 5.74) is 0. The molecule has 2 aliphatic rings. The van der Waals surface area contributed by atoms with Crippen LogP contribution in [0, 0.1) is 0 Å². The molecular formula is C26H44Cl2N6O12S4. The van der Waals surface area contributed by atoms with E-state index in [0.29, 0.717) is 45.2 Å². The Morgan fingerprint density at radius 2 is 1.46 bits per heavy atom. The highest BCUT2D eigenvalue weighted by atomic mass is 35.5. The Morgan fingerprint density at radius 3 is 1.92 bits per heavy atom. The summed E-state index contributed by atoms with van der Waals surface area (Å²) in [5, 5.41) is 12.6. The molecule has 0 saturated heterocycles. The lowest BCUT2D eigenvalue weighted by Crippen LogP contribution is -2.51. The van der Waals surface area contributed by atoms with E-state index in [1.54, 1.807) is 0 Å². The molecule has 1 amide bonds. The number of hydrogen-bond acceptors (Lipinski definition) is 13. The van der Waals surface area contributed by atoms with Crippen LogP contribution in [0.15, 0.2) is 21.3 Å². The molecule has 5 unspecified atom stereocenters. The summed E-state index contributed by atoms with van der Waals surface area (Å²) >= 11 is 13.1. The van der Waals surface area contributed by atoms with E-state index < -0.39 is 85.8 Å². The fourth-order valence-electron chi connectivity index (χ4n) is 6.39. The molecule has 18 nitrogen and oxygen atoms in total. The van der Waals surface area contributed by atoms with Gasteiger partial charge in [0, 0.05) is 19.2 Å². The maximum atomic E-state index is 12.7. The van der Waals surface area contributed by atoms with Crippen LogP contribution in [-0.2, 0) is 45.0 Å². The van der Waals surface area contributed by atoms with Gasteiger partial charge in [-0.1, -0.05) is 0 Å². The number of nitrogens with one attached hydrogen (secondary N) is 1. The molecular weight excluding hydrogens is 787 g/mol. The molecule has 4 N–H and O–H groups in total. The molecule has 5 atom stereocenters. The lowest BCUT2D eigenvalue weighted by molar-refractivity contribution is -0.120. The summed E-state index contributed by atoms with van der Waals surface area (Å²) in [4.78, 5) is 14.0. The number of nitrogens with zero attached hydrogens (tertiary/aromatic N) is 5. The van der Waals surface area contributed by atoms with Crippen molar-refractivity contribution >= 4 is 75.1 Å². The number of sulfone groups is 1. The van der Waals surface area contributed by atoms with Crippen molar-refractivity contribution in [1.29, 1.82) is 0 Å². The zero-order valence-corrected chi connectivity index (χ0v) is 32.2. The molecule has 0 aromatic carbocycles. The molecule has 2 aliphatic carbocycles. The number of aromatic nitrogens is 2. The summed E-state index contributed by atoms with van der Waals surface area (Å²) < 4.78 is 123. The minimum atomic E-state index is -4.45. The molecule has 0 radical (unpaired) electrons. The van der Waals surface area contributed by atoms with E-state index in [1.807, 2.05) is 4.90 Å². The molecule has 50 heavy (non-hydrogen) atoms. The summed E-state index contributed by atoms with van der Waals surface area (Å²) in [6, 6.07) is -2.31. The van der Waals surface area contributed by atoms with Gasteiger partial charge in [0.2, 0.25) is 5.91 Å². The van der Waals surface area contributed by atoms with Gasteiger partial charge in [0.05, 0.1) is 51.8 Å². The molecule has 0 spiro atoms. The predicted octanol–water partition coefficient (Wildman–Crippen LogP) is 2.24. The van der Waals surface area contributed by atoms with E-state index in [2.05, 4.69) is 20.6 Å². The van der Waals surface area contributed by atoms with Crippen LogP contribution in [0.5, 0.6) is 0 Å². The summed E-state index contributed by atoms with van der Waals surface area (Å²) in [5.74, 6) is -1.40. The molecule has 1 heterocycles. The van der Waals surface area contributed by atoms with E-state index in [1.165, 1.54) is 11.6 Å². The van der Waals surface area contributed by atoms with Crippen molar-refractivity contribution in [1.82, 2.24) is 20.0 Å². The average molecular weight is 832 g/mol. The van der Waals surface area contributed by atoms with Crippen molar-refractivity contribution in [2.24, 2.45) is 10.2 Å². The summed E-state index contributed by atoms with van der Waals surface area (Å²) in [6.07, 6.45) is 4.03. The van der Waals surface area contributed by atoms with Gasteiger partial charge in [0.25, 0.3) is 30.4 Å². The third-order valence-electron chi connectivity index (χ3n) is 8.74. The van der Waals surface area contributed by atoms with Crippen LogP contribution in [-0.4, -0.2) is 133 Å². The first-order valence-corrected chi connectivity index (χ1v) is 23.3. The maximum Gasteiger partial charge on any atom is 0.267 e. The Kier molecular flexibility index (Phi) is 15.1. The fourth-order valence-corrected chi connectivity index (χ4v) is 10.4. The number of alkyl halides is 2. The van der Waals surface area contributed by atoms with Crippen molar-refractivity contribution in [3.63, 3.8) is 0 Å². The molecule has 1 aromatic rings. The first-order chi connectivity index (χ1) is 23.0. The molecule has 1 aromatic heterocycles. The highest BCUT2D eigenvalue weighted by Crippen LogP contribution is 2.42. The lowest BCUT2D eigenvalue weighted by Gasteiger charge is -2.40. The molecule has 3 rings (SSSR count). The van der Waals surface area contributed by atoms with Crippen LogP contribution >= 0.6 is 23.2 Å². The SMILES string of the molecule is CC(=O)NC1CC(N(CCCCS(=O)(=O)O)CCCCS(=O)(=O)O)CCC1N=Nc1c(S(C)(=O)=O)cnn1C1C(Cl)CC(S(=O)(=O)O)CC1Cl. The highest BCUT2D eigenvalue weighted by molar-refractivity contribution is 7.90. The van der Waals surface area contributed by atoms with Gasteiger partial charge in [0.1, 0.15) is 4.90 Å².